The van der Waals surface area contributed by atoms with E-state index in [-0.39, 0.29) is 56.5 Å². The van der Waals surface area contributed by atoms with E-state index in [0.717, 1.165) is 11.1 Å². The van der Waals surface area contributed by atoms with Gasteiger partial charge in [0.15, 0.2) is 5.78 Å². The maximum atomic E-state index is 14.4. The zero-order valence-corrected chi connectivity index (χ0v) is 36.3. The molecule has 4 N–H and O–H groups in total. The van der Waals surface area contributed by atoms with Crippen LogP contribution < -0.4 is 21.3 Å². The molecule has 2 heterocycles. The molecule has 1 aliphatic heterocycles. The molecule has 3 aromatic rings. The Bertz CT molecular complexity index is 1900. The van der Waals surface area contributed by atoms with Gasteiger partial charge >= 0.3 is 6.09 Å². The van der Waals surface area contributed by atoms with Gasteiger partial charge in [0.05, 0.1) is 24.8 Å². The Labute approximate surface area is 351 Å². The van der Waals surface area contributed by atoms with Gasteiger partial charge in [-0.25, -0.2) is 9.78 Å². The zero-order chi connectivity index (χ0) is 43.3. The number of rotatable bonds is 22. The lowest BCUT2D eigenvalue weighted by Gasteiger charge is -2.32. The number of hydrogen-bond donors (Lipinski definition) is 4. The van der Waals surface area contributed by atoms with Gasteiger partial charge in [-0.15, -0.1) is 11.3 Å². The van der Waals surface area contributed by atoms with Gasteiger partial charge in [-0.05, 0) is 62.5 Å². The van der Waals surface area contributed by atoms with Crippen LogP contribution in [0.5, 0.6) is 0 Å². The second kappa shape index (κ2) is 21.2. The molecule has 2 aromatic carbocycles. The van der Waals surface area contributed by atoms with Crippen LogP contribution in [-0.2, 0) is 59.3 Å². The van der Waals surface area contributed by atoms with Gasteiger partial charge in [-0.3, -0.25) is 24.0 Å². The molecule has 4 rings (SSSR count). The molecule has 0 aliphatic carbocycles. The molecule has 0 saturated carbocycles. The van der Waals surface area contributed by atoms with E-state index in [1.807, 2.05) is 88.4 Å². The van der Waals surface area contributed by atoms with Crippen LogP contribution in [0.2, 0.25) is 0 Å². The number of carbonyl (C=O) groups is 6. The summed E-state index contributed by atoms with van der Waals surface area (Å²) in [6.07, 6.45) is 0.779. The predicted octanol–water partition coefficient (Wildman–Crippen LogP) is 4.54. The van der Waals surface area contributed by atoms with Gasteiger partial charge in [0.1, 0.15) is 34.8 Å². The highest BCUT2D eigenvalue weighted by Crippen LogP contribution is 2.30. The second-order valence-corrected chi connectivity index (χ2v) is 17.6. The number of epoxide rings is 1. The van der Waals surface area contributed by atoms with Crippen molar-refractivity contribution in [3.05, 3.63) is 87.9 Å². The zero-order valence-electron chi connectivity index (χ0n) is 35.5. The van der Waals surface area contributed by atoms with Crippen molar-refractivity contribution in [2.24, 2.45) is 11.8 Å². The van der Waals surface area contributed by atoms with E-state index in [1.54, 1.807) is 33.3 Å². The maximum Gasteiger partial charge on any atom is 0.409 e. The van der Waals surface area contributed by atoms with Crippen molar-refractivity contribution in [3.8, 4) is 0 Å². The van der Waals surface area contributed by atoms with E-state index in [4.69, 9.17) is 9.47 Å². The van der Waals surface area contributed by atoms with Crippen LogP contribution in [-0.4, -0.2) is 95.4 Å². The Kier molecular flexibility index (Phi) is 16.7. The van der Waals surface area contributed by atoms with Gasteiger partial charge in [0.2, 0.25) is 23.6 Å². The SMILES string of the molecule is CC(C)CC(NC(=O)C(C)(CCc1ccccc1)NC(=O)Cc1csc(COC(=O)N(C)C)n1)C(=O)NC(Cc1ccccc1)C(=O)NC(CC(C)C)C(=O)C1(C)CO1. The Balaban J connectivity index is 1.54. The van der Waals surface area contributed by atoms with Crippen LogP contribution >= 0.6 is 11.3 Å². The molecule has 0 bridgehead atoms. The number of hydrogen-bond acceptors (Lipinski definition) is 10. The van der Waals surface area contributed by atoms with Crippen LogP contribution in [0.15, 0.2) is 66.0 Å². The number of Topliss-reactive ketones (excluding diaryl/α,β-unsaturated/α-hetero) is 1. The number of nitrogens with zero attached hydrogens (tertiary/aromatic N) is 2. The summed E-state index contributed by atoms with van der Waals surface area (Å²) in [5.41, 5.74) is -0.217. The molecule has 5 amide bonds. The van der Waals surface area contributed by atoms with E-state index >= 15 is 0 Å². The molecule has 5 atom stereocenters. The van der Waals surface area contributed by atoms with Crippen LogP contribution in [0, 0.1) is 11.8 Å². The van der Waals surface area contributed by atoms with Crippen molar-refractivity contribution < 1.29 is 38.2 Å². The topological polar surface area (TPSA) is 188 Å². The fourth-order valence-electron chi connectivity index (χ4n) is 6.48. The largest absolute Gasteiger partial charge is 0.442 e. The lowest BCUT2D eigenvalue weighted by atomic mass is 9.90. The third kappa shape index (κ3) is 14.6. The van der Waals surface area contributed by atoms with Crippen molar-refractivity contribution in [3.63, 3.8) is 0 Å². The molecule has 1 aromatic heterocycles. The Morgan fingerprint density at radius 2 is 1.41 bits per heavy atom. The van der Waals surface area contributed by atoms with Crippen LogP contribution in [0.1, 0.15) is 82.6 Å². The number of ether oxygens (including phenoxy) is 2. The first-order chi connectivity index (χ1) is 27.9. The van der Waals surface area contributed by atoms with E-state index in [2.05, 4.69) is 26.3 Å². The van der Waals surface area contributed by atoms with Crippen LogP contribution in [0.25, 0.3) is 0 Å². The predicted molar refractivity (Wildman–Crippen MR) is 225 cm³/mol. The fraction of sp³-hybridized carbons (Fsp3) is 0.523. The number of ketones is 1. The number of aromatic nitrogens is 1. The third-order valence-electron chi connectivity index (χ3n) is 9.98. The molecule has 1 aliphatic rings. The van der Waals surface area contributed by atoms with Gasteiger partial charge in [0.25, 0.3) is 0 Å². The van der Waals surface area contributed by atoms with Crippen molar-refractivity contribution in [1.29, 1.82) is 0 Å². The summed E-state index contributed by atoms with van der Waals surface area (Å²) in [4.78, 5) is 87.3. The molecule has 1 fully saturated rings. The van der Waals surface area contributed by atoms with E-state index in [0.29, 0.717) is 23.5 Å². The summed E-state index contributed by atoms with van der Waals surface area (Å²) in [7, 11) is 3.15. The van der Waals surface area contributed by atoms with Gasteiger partial charge in [-0.1, -0.05) is 88.4 Å². The van der Waals surface area contributed by atoms with Gasteiger partial charge in [-0.2, -0.15) is 0 Å². The minimum Gasteiger partial charge on any atom is -0.442 e. The molecule has 0 spiro atoms. The van der Waals surface area contributed by atoms with Crippen molar-refractivity contribution in [2.45, 2.75) is 116 Å². The van der Waals surface area contributed by atoms with Crippen molar-refractivity contribution in [2.75, 3.05) is 20.7 Å². The number of amides is 5. The lowest BCUT2D eigenvalue weighted by molar-refractivity contribution is -0.137. The number of thiazole rings is 1. The Hall–Kier alpha value is -5.15. The molecular weight excluding hydrogens is 773 g/mol. The number of aryl methyl sites for hydroxylation is 1. The van der Waals surface area contributed by atoms with Gasteiger partial charge < -0.3 is 35.6 Å². The summed E-state index contributed by atoms with van der Waals surface area (Å²) >= 11 is 1.25. The summed E-state index contributed by atoms with van der Waals surface area (Å²) in [5, 5.41) is 13.9. The minimum atomic E-state index is -1.46. The first-order valence-electron chi connectivity index (χ1n) is 20.1. The second-order valence-electron chi connectivity index (χ2n) is 16.7. The highest BCUT2D eigenvalue weighted by Gasteiger charge is 2.50. The Morgan fingerprint density at radius 1 is 0.847 bits per heavy atom. The molecule has 5 unspecified atom stereocenters. The normalized spacial score (nSPS) is 17.2. The molecular formula is C44H60N6O8S. The standard InChI is InChI=1S/C44H60N6O8S/c1-28(2)21-33(38(52)44(6)27-58-44)46-40(54)35(23-31-17-13-10-14-18-31)47-39(53)34(22-29(3)4)48-41(55)43(5,20-19-30-15-11-9-12-16-30)49-36(51)24-32-26-59-37(45-32)25-57-42(56)50(7)8/h9-18,26,28-29,33-35H,19-25,27H2,1-8H3,(H,46,54)(H,47,53)(H,48,55)(H,49,51). The third-order valence-corrected chi connectivity index (χ3v) is 10.9. The van der Waals surface area contributed by atoms with E-state index in [1.165, 1.54) is 16.2 Å². The smallest absolute Gasteiger partial charge is 0.409 e. The van der Waals surface area contributed by atoms with E-state index in [9.17, 15) is 28.8 Å². The van der Waals surface area contributed by atoms with Gasteiger partial charge in [0, 0.05) is 25.9 Å². The summed E-state index contributed by atoms with van der Waals surface area (Å²) < 4.78 is 10.6. The van der Waals surface area contributed by atoms with Crippen molar-refractivity contribution in [1.82, 2.24) is 31.2 Å². The highest BCUT2D eigenvalue weighted by atomic mass is 32.1. The molecule has 0 radical (unpaired) electrons. The molecule has 1 saturated heterocycles. The average Bonchev–Trinajstić information content (AvgIpc) is 3.79. The highest BCUT2D eigenvalue weighted by molar-refractivity contribution is 7.09. The molecule has 14 nitrogen and oxygen atoms in total. The maximum absolute atomic E-state index is 14.4. The quantitative estimate of drug-likeness (QED) is 0.106. The molecule has 59 heavy (non-hydrogen) atoms. The number of nitrogens with one attached hydrogen (secondary N) is 4. The monoisotopic (exact) mass is 832 g/mol. The van der Waals surface area contributed by atoms with Crippen molar-refractivity contribution >= 4 is 46.8 Å². The fourth-order valence-corrected chi connectivity index (χ4v) is 7.19. The van der Waals surface area contributed by atoms with Crippen LogP contribution in [0.4, 0.5) is 4.79 Å². The lowest BCUT2D eigenvalue weighted by Crippen LogP contribution is -2.62. The van der Waals surface area contributed by atoms with E-state index < -0.39 is 59.0 Å². The molecule has 320 valence electrons. The summed E-state index contributed by atoms with van der Waals surface area (Å²) in [6.45, 7) is 11.3. The first-order valence-corrected chi connectivity index (χ1v) is 21.0. The Morgan fingerprint density at radius 3 is 1.98 bits per heavy atom. The molecule has 15 heteroatoms. The van der Waals surface area contributed by atoms with Crippen LogP contribution in [0.3, 0.4) is 0 Å². The number of carbonyl (C=O) groups excluding carboxylic acids is 6. The summed E-state index contributed by atoms with van der Waals surface area (Å²) in [6, 6.07) is 15.8. The number of benzene rings is 2. The average molecular weight is 833 g/mol. The summed E-state index contributed by atoms with van der Waals surface area (Å²) in [5.74, 6) is -2.29. The first kappa shape index (κ1) is 46.5. The minimum absolute atomic E-state index is 0.0409.